The second-order valence-electron chi connectivity index (χ2n) is 2.78. The van der Waals surface area contributed by atoms with E-state index in [1.807, 2.05) is 0 Å². The van der Waals surface area contributed by atoms with Gasteiger partial charge in [-0.1, -0.05) is 0 Å². The monoisotopic (exact) mass is 222 g/mol. The highest BCUT2D eigenvalue weighted by Crippen LogP contribution is 2.19. The topological polar surface area (TPSA) is 86.2 Å². The van der Waals surface area contributed by atoms with Crippen molar-refractivity contribution in [1.29, 1.82) is 0 Å². The second-order valence-corrected chi connectivity index (χ2v) is 4.30. The van der Waals surface area contributed by atoms with E-state index >= 15 is 0 Å². The number of hydrogen-bond acceptors (Lipinski definition) is 4. The second kappa shape index (κ2) is 6.15. The predicted octanol–water partition coefficient (Wildman–Crippen LogP) is -0.0708. The van der Waals surface area contributed by atoms with Crippen LogP contribution in [-0.4, -0.2) is 16.4 Å². The Morgan fingerprint density at radius 2 is 1.77 bits per heavy atom. The van der Waals surface area contributed by atoms with Crippen molar-refractivity contribution >= 4 is 37.1 Å². The molecular weight excluding hydrogens is 208 g/mol. The van der Waals surface area contributed by atoms with Crippen LogP contribution in [-0.2, 0) is 9.59 Å². The van der Waals surface area contributed by atoms with E-state index in [1.54, 1.807) is 0 Å². The quantitative estimate of drug-likeness (QED) is 0.374. The summed E-state index contributed by atoms with van der Waals surface area (Å²) in [4.78, 5) is 21.2. The van der Waals surface area contributed by atoms with E-state index in [0.29, 0.717) is 12.8 Å². The first-order chi connectivity index (χ1) is 5.95. The van der Waals surface area contributed by atoms with Crippen LogP contribution in [0.3, 0.4) is 0 Å². The van der Waals surface area contributed by atoms with Crippen molar-refractivity contribution in [3.8, 4) is 0 Å². The summed E-state index contributed by atoms with van der Waals surface area (Å²) in [7, 11) is 0. The Morgan fingerprint density at radius 3 is 2.08 bits per heavy atom. The number of carbonyl (C=O) groups is 2. The summed E-state index contributed by atoms with van der Waals surface area (Å²) in [6, 6.07) is 0. The van der Waals surface area contributed by atoms with Crippen LogP contribution in [0.25, 0.3) is 0 Å². The normalized spacial score (nSPS) is 12.8. The highest BCUT2D eigenvalue weighted by Gasteiger charge is 2.20. The summed E-state index contributed by atoms with van der Waals surface area (Å²) in [6.07, 6.45) is 1.30. The fourth-order valence-corrected chi connectivity index (χ4v) is 1.53. The number of carbonyl (C=O) groups excluding carboxylic acids is 2. The van der Waals surface area contributed by atoms with Crippen molar-refractivity contribution < 1.29 is 9.59 Å². The van der Waals surface area contributed by atoms with Gasteiger partial charge in [0, 0.05) is 6.42 Å². The molecule has 0 radical (unpaired) electrons. The lowest BCUT2D eigenvalue weighted by Gasteiger charge is -2.14. The highest BCUT2D eigenvalue weighted by atomic mass is 32.2. The van der Waals surface area contributed by atoms with Crippen LogP contribution in [0, 0.1) is 5.92 Å². The largest absolute Gasteiger partial charge is 0.370 e. The van der Waals surface area contributed by atoms with Crippen LogP contribution in [0.5, 0.6) is 0 Å². The van der Waals surface area contributed by atoms with Crippen molar-refractivity contribution in [3.05, 3.63) is 0 Å². The maximum absolute atomic E-state index is 10.8. The first-order valence-electron chi connectivity index (χ1n) is 3.89. The Balaban J connectivity index is 3.84. The van der Waals surface area contributed by atoms with E-state index < -0.39 is 11.8 Å². The SMILES string of the molecule is NC(=O)CCCC(C(N)=O)C(S)S. The molecule has 0 aliphatic carbocycles. The van der Waals surface area contributed by atoms with Crippen molar-refractivity contribution in [1.82, 2.24) is 0 Å². The van der Waals surface area contributed by atoms with Gasteiger partial charge in [0.1, 0.15) is 0 Å². The first-order valence-corrected chi connectivity index (χ1v) is 4.92. The maximum Gasteiger partial charge on any atom is 0.222 e. The van der Waals surface area contributed by atoms with Gasteiger partial charge in [-0.2, -0.15) is 25.3 Å². The maximum atomic E-state index is 10.8. The highest BCUT2D eigenvalue weighted by molar-refractivity contribution is 7.99. The van der Waals surface area contributed by atoms with Crippen LogP contribution >= 0.6 is 25.3 Å². The molecular formula is C7H14N2O2S2. The zero-order chi connectivity index (χ0) is 10.4. The molecule has 0 fully saturated rings. The molecule has 0 aliphatic rings. The minimum Gasteiger partial charge on any atom is -0.370 e. The van der Waals surface area contributed by atoms with Gasteiger partial charge in [0.15, 0.2) is 0 Å². The average molecular weight is 222 g/mol. The standard InChI is InChI=1S/C7H14N2O2S2/c8-5(10)3-1-2-4(6(9)11)7(12)13/h4,7,12-13H,1-3H2,(H2,8,10)(H2,9,11). The van der Waals surface area contributed by atoms with Crippen LogP contribution in [0.1, 0.15) is 19.3 Å². The van der Waals surface area contributed by atoms with E-state index in [9.17, 15) is 9.59 Å². The summed E-state index contributed by atoms with van der Waals surface area (Å²) in [5, 5.41) is 0. The molecule has 0 aliphatic heterocycles. The molecule has 13 heavy (non-hydrogen) atoms. The molecule has 76 valence electrons. The van der Waals surface area contributed by atoms with Gasteiger partial charge in [-0.15, -0.1) is 0 Å². The lowest BCUT2D eigenvalue weighted by Crippen LogP contribution is -2.28. The summed E-state index contributed by atoms with van der Waals surface area (Å²) >= 11 is 8.01. The molecule has 1 unspecified atom stereocenters. The third-order valence-corrected chi connectivity index (χ3v) is 2.38. The smallest absolute Gasteiger partial charge is 0.222 e. The number of rotatable bonds is 6. The molecule has 0 saturated heterocycles. The van der Waals surface area contributed by atoms with Gasteiger partial charge in [0.2, 0.25) is 11.8 Å². The first kappa shape index (κ1) is 12.6. The third kappa shape index (κ3) is 5.81. The van der Waals surface area contributed by atoms with E-state index in [0.717, 1.165) is 0 Å². The minimum atomic E-state index is -0.445. The van der Waals surface area contributed by atoms with Gasteiger partial charge < -0.3 is 11.5 Å². The van der Waals surface area contributed by atoms with Crippen LogP contribution in [0.15, 0.2) is 0 Å². The Labute approximate surface area is 88.2 Å². The lowest BCUT2D eigenvalue weighted by atomic mass is 10.0. The molecule has 0 aromatic carbocycles. The van der Waals surface area contributed by atoms with Crippen molar-refractivity contribution in [3.63, 3.8) is 0 Å². The number of nitrogens with two attached hydrogens (primary N) is 2. The third-order valence-electron chi connectivity index (χ3n) is 1.66. The molecule has 0 bridgehead atoms. The van der Waals surface area contributed by atoms with Crippen LogP contribution in [0.2, 0.25) is 0 Å². The van der Waals surface area contributed by atoms with Crippen LogP contribution < -0.4 is 11.5 Å². The van der Waals surface area contributed by atoms with Gasteiger partial charge in [0.05, 0.1) is 10.5 Å². The molecule has 4 N–H and O–H groups in total. The minimum absolute atomic E-state index is 0.262. The summed E-state index contributed by atoms with van der Waals surface area (Å²) < 4.78 is -0.384. The zero-order valence-corrected chi connectivity index (χ0v) is 8.93. The Bertz CT molecular complexity index is 197. The van der Waals surface area contributed by atoms with Crippen LogP contribution in [0.4, 0.5) is 0 Å². The average Bonchev–Trinajstić information content (AvgIpc) is 1.95. The summed E-state index contributed by atoms with van der Waals surface area (Å²) in [6.45, 7) is 0. The summed E-state index contributed by atoms with van der Waals surface area (Å²) in [5.74, 6) is -1.23. The van der Waals surface area contributed by atoms with Gasteiger partial charge in [0.25, 0.3) is 0 Å². The Kier molecular flexibility index (Phi) is 5.98. The number of primary amides is 2. The van der Waals surface area contributed by atoms with Gasteiger partial charge in [-0.25, -0.2) is 0 Å². The molecule has 4 nitrogen and oxygen atoms in total. The zero-order valence-electron chi connectivity index (χ0n) is 7.14. The van der Waals surface area contributed by atoms with E-state index in [1.165, 1.54) is 0 Å². The Morgan fingerprint density at radius 1 is 1.23 bits per heavy atom. The van der Waals surface area contributed by atoms with E-state index in [2.05, 4.69) is 25.3 Å². The molecule has 2 amide bonds. The number of thiol groups is 2. The lowest BCUT2D eigenvalue weighted by molar-refractivity contribution is -0.122. The van der Waals surface area contributed by atoms with Crippen molar-refractivity contribution in [2.75, 3.05) is 0 Å². The molecule has 0 rings (SSSR count). The van der Waals surface area contributed by atoms with Gasteiger partial charge in [-0.3, -0.25) is 9.59 Å². The van der Waals surface area contributed by atoms with E-state index in [4.69, 9.17) is 11.5 Å². The van der Waals surface area contributed by atoms with Gasteiger partial charge in [-0.05, 0) is 12.8 Å². The fourth-order valence-electron chi connectivity index (χ4n) is 0.934. The molecule has 0 aromatic rings. The molecule has 6 heteroatoms. The summed E-state index contributed by atoms with van der Waals surface area (Å²) in [5.41, 5.74) is 10.0. The molecule has 0 aromatic heterocycles. The fraction of sp³-hybridized carbons (Fsp3) is 0.714. The predicted molar refractivity (Wildman–Crippen MR) is 57.5 cm³/mol. The van der Waals surface area contributed by atoms with Crippen molar-refractivity contribution in [2.45, 2.75) is 23.8 Å². The van der Waals surface area contributed by atoms with Gasteiger partial charge >= 0.3 is 0 Å². The van der Waals surface area contributed by atoms with E-state index in [-0.39, 0.29) is 16.9 Å². The molecule has 1 atom stereocenters. The molecule has 0 spiro atoms. The number of hydrogen-bond donors (Lipinski definition) is 4. The Hall–Kier alpha value is -0.360. The number of amides is 2. The molecule has 0 saturated carbocycles. The molecule has 0 heterocycles. The van der Waals surface area contributed by atoms with Crippen molar-refractivity contribution in [2.24, 2.45) is 17.4 Å².